The van der Waals surface area contributed by atoms with E-state index in [-0.39, 0.29) is 36.1 Å². The third kappa shape index (κ3) is 4.59. The van der Waals surface area contributed by atoms with Crippen LogP contribution in [-0.4, -0.2) is 106 Å². The van der Waals surface area contributed by atoms with Crippen LogP contribution in [0.25, 0.3) is 0 Å². The van der Waals surface area contributed by atoms with E-state index in [0.29, 0.717) is 17.9 Å². The summed E-state index contributed by atoms with van der Waals surface area (Å²) in [6.45, 7) is 10.6. The molecule has 0 spiro atoms. The number of hydrogen-bond acceptors (Lipinski definition) is 7. The molecule has 5 heterocycles. The van der Waals surface area contributed by atoms with Gasteiger partial charge >= 0.3 is 11.9 Å². The average molecular weight is 642 g/mol. The molecule has 206 valence electrons. The number of halogens is 1. The molecule has 1 amide bonds. The van der Waals surface area contributed by atoms with E-state index in [1.807, 2.05) is 13.0 Å². The van der Waals surface area contributed by atoms with Crippen molar-refractivity contribution in [2.45, 2.75) is 32.5 Å². The molecule has 2 bridgehead atoms. The largest absolute Gasteiger partial charge is 0.488 e. The van der Waals surface area contributed by atoms with Gasteiger partial charge in [-0.3, -0.25) is 4.79 Å². The quantitative estimate of drug-likeness (QED) is 0.153. The number of amides is 1. The van der Waals surface area contributed by atoms with Gasteiger partial charge in [0.2, 0.25) is 5.91 Å². The van der Waals surface area contributed by atoms with Gasteiger partial charge in [0.25, 0.3) is 0 Å². The number of aliphatic hydroxyl groups is 1. The van der Waals surface area contributed by atoms with Crippen molar-refractivity contribution in [1.82, 2.24) is 4.90 Å². The topological polar surface area (TPSA) is 139 Å². The average Bonchev–Trinajstić information content (AvgIpc) is 3.12. The zero-order chi connectivity index (χ0) is 27.4. The van der Waals surface area contributed by atoms with E-state index >= 15 is 0 Å². The van der Waals surface area contributed by atoms with Crippen LogP contribution >= 0.6 is 22.6 Å². The fourth-order valence-electron chi connectivity index (χ4n) is 6.87. The number of aliphatic carboxylic acids is 1. The lowest BCUT2D eigenvalue weighted by Gasteiger charge is -2.55. The second kappa shape index (κ2) is 10.0. The molecule has 4 fully saturated rings. The monoisotopic (exact) mass is 642 g/mol. The fraction of sp³-hybridized carbons (Fsp3) is 0.577. The lowest BCUT2D eigenvalue weighted by molar-refractivity contribution is -1.08. The van der Waals surface area contributed by atoms with Crippen molar-refractivity contribution in [3.05, 3.63) is 38.6 Å². The van der Waals surface area contributed by atoms with Gasteiger partial charge in [-0.25, -0.2) is 9.59 Å². The number of piperazine rings is 3. The van der Waals surface area contributed by atoms with Crippen LogP contribution < -0.4 is 10.6 Å². The summed E-state index contributed by atoms with van der Waals surface area (Å²) in [5.74, 6) is 3.07. The predicted octanol–water partition coefficient (Wildman–Crippen LogP) is 0.444. The predicted molar refractivity (Wildman–Crippen MR) is 143 cm³/mol. The lowest BCUT2D eigenvalue weighted by atomic mass is 9.78. The summed E-state index contributed by atoms with van der Waals surface area (Å²) in [6, 6.07) is 5.76. The minimum Gasteiger partial charge on any atom is -0.488 e. The summed E-state index contributed by atoms with van der Waals surface area (Å²) in [4.78, 5) is 42.1. The molecule has 1 aromatic rings. The molecule has 5 aliphatic rings. The number of carboxylic acid groups (broad SMARTS) is 1. The number of nitrogens with two attached hydrogens (primary N) is 1. The van der Waals surface area contributed by atoms with Crippen molar-refractivity contribution in [2.24, 2.45) is 17.7 Å². The third-order valence-electron chi connectivity index (χ3n) is 9.16. The molecule has 4 N–H and O–H groups in total. The van der Waals surface area contributed by atoms with Crippen molar-refractivity contribution in [2.75, 3.05) is 52.4 Å². The van der Waals surface area contributed by atoms with Gasteiger partial charge in [0.1, 0.15) is 63.9 Å². The fourth-order valence-corrected chi connectivity index (χ4v) is 7.60. The maximum Gasteiger partial charge on any atom is 0.380 e. The standard InChI is InChI=1S/C26H34IN4O7/c1-15-18(24(26(35)36)29-23(15)22(16(2)32)25(29)34)14-37-20-4-3-17(11-19(20)27)12-30-5-8-31(9-6-30,10-7-30)13-21(33)38-28/h3-4,11,15-16,22-23,32H,5-10,12-14,28H2,1-2H3/q+1/p+1/t15?,16?,22-,23-,30?,31?/m1/s1. The second-order valence-corrected chi connectivity index (χ2v) is 12.5. The van der Waals surface area contributed by atoms with Crippen LogP contribution in [0.4, 0.5) is 0 Å². The highest BCUT2D eigenvalue weighted by atomic mass is 127. The Hall–Kier alpha value is -2.26. The van der Waals surface area contributed by atoms with Gasteiger partial charge in [-0.15, -0.1) is 0 Å². The molecule has 38 heavy (non-hydrogen) atoms. The van der Waals surface area contributed by atoms with E-state index in [4.69, 9.17) is 10.6 Å². The highest BCUT2D eigenvalue weighted by molar-refractivity contribution is 14.1. The van der Waals surface area contributed by atoms with Crippen LogP contribution in [0.5, 0.6) is 5.75 Å². The van der Waals surface area contributed by atoms with Crippen LogP contribution in [0.3, 0.4) is 0 Å². The van der Waals surface area contributed by atoms with E-state index in [1.54, 1.807) is 6.92 Å². The molecule has 0 aliphatic carbocycles. The van der Waals surface area contributed by atoms with E-state index in [9.17, 15) is 24.6 Å². The number of rotatable bonds is 9. The van der Waals surface area contributed by atoms with Gasteiger partial charge in [0.15, 0.2) is 6.54 Å². The molecule has 4 atom stereocenters. The molecular weight excluding hydrogens is 607 g/mol. The smallest absolute Gasteiger partial charge is 0.380 e. The van der Waals surface area contributed by atoms with Crippen molar-refractivity contribution >= 4 is 40.4 Å². The SMILES string of the molecule is CC(O)[C@H]1C(=O)N2C(C(=O)O)=C(COc3ccc(C[N+]45CC[N+](CC(=O)ON)(CC4)CC5)cc3I)C(C)[C@H]12. The number of β-lactam (4-membered cyclic amide) rings is 1. The van der Waals surface area contributed by atoms with E-state index in [0.717, 1.165) is 58.3 Å². The molecule has 5 aliphatic heterocycles. The molecule has 0 radical (unpaired) electrons. The zero-order valence-corrected chi connectivity index (χ0v) is 23.8. The van der Waals surface area contributed by atoms with Gasteiger partial charge in [0.05, 0.1) is 21.6 Å². The number of benzene rings is 1. The van der Waals surface area contributed by atoms with Gasteiger partial charge in [-0.1, -0.05) is 6.92 Å². The summed E-state index contributed by atoms with van der Waals surface area (Å²) in [6.07, 6.45) is -0.834. The number of carboxylic acids is 1. The Morgan fingerprint density at radius 2 is 1.82 bits per heavy atom. The zero-order valence-electron chi connectivity index (χ0n) is 21.6. The highest BCUT2D eigenvalue weighted by Crippen LogP contribution is 2.47. The minimum atomic E-state index is -1.15. The Morgan fingerprint density at radius 3 is 2.37 bits per heavy atom. The number of carbonyl (C=O) groups is 3. The van der Waals surface area contributed by atoms with Crippen LogP contribution in [0, 0.1) is 15.4 Å². The van der Waals surface area contributed by atoms with Gasteiger partial charge in [-0.05, 0) is 47.7 Å². The second-order valence-electron chi connectivity index (χ2n) is 11.3. The van der Waals surface area contributed by atoms with Gasteiger partial charge in [-0.2, -0.15) is 5.90 Å². The highest BCUT2D eigenvalue weighted by Gasteiger charge is 2.60. The lowest BCUT2D eigenvalue weighted by Crippen LogP contribution is -2.75. The maximum atomic E-state index is 12.6. The van der Waals surface area contributed by atoms with E-state index in [2.05, 4.69) is 39.6 Å². The number of ether oxygens (including phenoxy) is 1. The number of hydrogen-bond donors (Lipinski definition) is 3. The van der Waals surface area contributed by atoms with Crippen molar-refractivity contribution in [1.29, 1.82) is 0 Å². The number of carbonyl (C=O) groups excluding carboxylic acids is 2. The molecule has 11 nitrogen and oxygen atoms in total. The first-order valence-electron chi connectivity index (χ1n) is 13.0. The minimum absolute atomic E-state index is 0.0174. The first kappa shape index (κ1) is 27.3. The van der Waals surface area contributed by atoms with Crippen LogP contribution in [0.15, 0.2) is 29.5 Å². The number of aliphatic hydroxyl groups excluding tert-OH is 1. The summed E-state index contributed by atoms with van der Waals surface area (Å²) >= 11 is 2.24. The molecular formula is C26H35IN4O7+2. The number of quaternary nitrogens is 2. The van der Waals surface area contributed by atoms with E-state index in [1.165, 1.54) is 10.5 Å². The molecule has 0 aromatic heterocycles. The Morgan fingerprint density at radius 1 is 1.18 bits per heavy atom. The third-order valence-corrected chi connectivity index (χ3v) is 10.0. The van der Waals surface area contributed by atoms with Crippen molar-refractivity contribution in [3.63, 3.8) is 0 Å². The van der Waals surface area contributed by atoms with Crippen LogP contribution in [-0.2, 0) is 25.8 Å². The molecule has 6 rings (SSSR count). The maximum absolute atomic E-state index is 12.6. The molecule has 4 saturated heterocycles. The summed E-state index contributed by atoms with van der Waals surface area (Å²) in [7, 11) is 0. The Balaban J connectivity index is 1.24. The molecule has 12 heteroatoms. The van der Waals surface area contributed by atoms with Crippen molar-refractivity contribution < 1.29 is 43.1 Å². The van der Waals surface area contributed by atoms with Gasteiger partial charge in [0, 0.05) is 17.1 Å². The van der Waals surface area contributed by atoms with Crippen LogP contribution in [0.2, 0.25) is 0 Å². The Kier molecular flexibility index (Phi) is 7.22. The molecule has 0 saturated carbocycles. The summed E-state index contributed by atoms with van der Waals surface area (Å²) in [5, 5.41) is 19.9. The van der Waals surface area contributed by atoms with E-state index < -0.39 is 18.0 Å². The Labute approximate surface area is 235 Å². The van der Waals surface area contributed by atoms with Crippen molar-refractivity contribution in [3.8, 4) is 5.75 Å². The number of nitrogens with zero attached hydrogens (tertiary/aromatic N) is 3. The van der Waals surface area contributed by atoms with Gasteiger partial charge < -0.3 is 33.7 Å². The first-order chi connectivity index (χ1) is 18.0. The Bertz CT molecular complexity index is 1180. The summed E-state index contributed by atoms with van der Waals surface area (Å²) < 4.78 is 8.79. The number of fused-ring (bicyclic) bond motifs is 4. The molecule has 2 unspecified atom stereocenters. The molecule has 1 aromatic carbocycles. The van der Waals surface area contributed by atoms with Crippen LogP contribution in [0.1, 0.15) is 19.4 Å². The summed E-state index contributed by atoms with van der Waals surface area (Å²) in [5.41, 5.74) is 1.76. The normalized spacial score (nSPS) is 32.6. The first-order valence-corrected chi connectivity index (χ1v) is 14.1.